The molecule has 1 aliphatic rings. The van der Waals surface area contributed by atoms with Gasteiger partial charge in [0, 0.05) is 5.69 Å². The molecule has 0 radical (unpaired) electrons. The van der Waals surface area contributed by atoms with Crippen LogP contribution in [0.3, 0.4) is 0 Å². The van der Waals surface area contributed by atoms with Crippen LogP contribution in [0.1, 0.15) is 41.9 Å². The molecule has 1 heterocycles. The Morgan fingerprint density at radius 2 is 1.88 bits per heavy atom. The van der Waals surface area contributed by atoms with Gasteiger partial charge in [0.15, 0.2) is 5.69 Å². The Balaban J connectivity index is 1.83. The molecule has 7 nitrogen and oxygen atoms in total. The molecule has 1 saturated carbocycles. The van der Waals surface area contributed by atoms with Crippen LogP contribution in [0.2, 0.25) is 0 Å². The van der Waals surface area contributed by atoms with Crippen molar-refractivity contribution in [1.82, 2.24) is 15.1 Å². The molecule has 132 valence electrons. The van der Waals surface area contributed by atoms with E-state index in [4.69, 9.17) is 4.74 Å². The standard InChI is InChI=1S/C18H21N3O4/c1-12-11-15(16(22)19-18(17(23)24)9-3-4-10-18)20-21(12)13-5-7-14(25-2)8-6-13/h5-8,11H,3-4,9-10H2,1-2H3,(H,19,22)(H,23,24). The van der Waals surface area contributed by atoms with Gasteiger partial charge < -0.3 is 15.2 Å². The van der Waals surface area contributed by atoms with Crippen molar-refractivity contribution in [3.8, 4) is 11.4 Å². The summed E-state index contributed by atoms with van der Waals surface area (Å²) < 4.78 is 6.79. The van der Waals surface area contributed by atoms with E-state index in [1.165, 1.54) is 0 Å². The Morgan fingerprint density at radius 1 is 1.24 bits per heavy atom. The molecule has 1 amide bonds. The van der Waals surface area contributed by atoms with Gasteiger partial charge in [0.1, 0.15) is 11.3 Å². The Kier molecular flexibility index (Phi) is 4.48. The molecule has 25 heavy (non-hydrogen) atoms. The Morgan fingerprint density at radius 3 is 2.44 bits per heavy atom. The summed E-state index contributed by atoms with van der Waals surface area (Å²) in [6.07, 6.45) is 2.50. The van der Waals surface area contributed by atoms with Gasteiger partial charge in [-0.1, -0.05) is 12.8 Å². The van der Waals surface area contributed by atoms with E-state index >= 15 is 0 Å². The van der Waals surface area contributed by atoms with Crippen LogP contribution in [0.15, 0.2) is 30.3 Å². The predicted molar refractivity (Wildman–Crippen MR) is 91.2 cm³/mol. The maximum absolute atomic E-state index is 12.5. The van der Waals surface area contributed by atoms with Crippen LogP contribution < -0.4 is 10.1 Å². The summed E-state index contributed by atoms with van der Waals surface area (Å²) in [6.45, 7) is 1.84. The van der Waals surface area contributed by atoms with Gasteiger partial charge >= 0.3 is 5.97 Å². The topological polar surface area (TPSA) is 93.5 Å². The highest BCUT2D eigenvalue weighted by Gasteiger charge is 2.43. The van der Waals surface area contributed by atoms with Crippen LogP contribution in [0, 0.1) is 6.92 Å². The van der Waals surface area contributed by atoms with Crippen LogP contribution in [-0.4, -0.2) is 39.4 Å². The van der Waals surface area contributed by atoms with Gasteiger partial charge in [-0.2, -0.15) is 5.10 Å². The van der Waals surface area contributed by atoms with E-state index in [1.807, 2.05) is 31.2 Å². The number of amides is 1. The molecular weight excluding hydrogens is 322 g/mol. The first-order chi connectivity index (χ1) is 11.9. The molecule has 1 aromatic heterocycles. The second-order valence-electron chi connectivity index (χ2n) is 6.33. The zero-order chi connectivity index (χ0) is 18.0. The molecule has 1 fully saturated rings. The van der Waals surface area contributed by atoms with Crippen molar-refractivity contribution < 1.29 is 19.4 Å². The lowest BCUT2D eigenvalue weighted by atomic mass is 9.97. The van der Waals surface area contributed by atoms with E-state index in [-0.39, 0.29) is 5.69 Å². The minimum absolute atomic E-state index is 0.209. The number of nitrogens with zero attached hydrogens (tertiary/aromatic N) is 2. The number of aryl methyl sites for hydroxylation is 1. The van der Waals surface area contributed by atoms with Crippen LogP contribution >= 0.6 is 0 Å². The van der Waals surface area contributed by atoms with Crippen molar-refractivity contribution >= 4 is 11.9 Å². The van der Waals surface area contributed by atoms with E-state index in [9.17, 15) is 14.7 Å². The molecular formula is C18H21N3O4. The number of benzene rings is 1. The normalized spacial score (nSPS) is 15.8. The van der Waals surface area contributed by atoms with Crippen LogP contribution in [0.5, 0.6) is 5.75 Å². The summed E-state index contributed by atoms with van der Waals surface area (Å²) >= 11 is 0. The SMILES string of the molecule is COc1ccc(-n2nc(C(=O)NC3(C(=O)O)CCCC3)cc2C)cc1. The molecule has 0 unspecified atom stereocenters. The third-order valence-electron chi connectivity index (χ3n) is 4.66. The predicted octanol–water partition coefficient (Wildman–Crippen LogP) is 2.32. The lowest BCUT2D eigenvalue weighted by molar-refractivity contribution is -0.144. The molecule has 7 heteroatoms. The zero-order valence-electron chi connectivity index (χ0n) is 14.3. The first kappa shape index (κ1) is 17.0. The van der Waals surface area contributed by atoms with Gasteiger partial charge in [-0.25, -0.2) is 9.48 Å². The second-order valence-corrected chi connectivity index (χ2v) is 6.33. The minimum atomic E-state index is -1.17. The average Bonchev–Trinajstić information content (AvgIpc) is 3.22. The second kappa shape index (κ2) is 6.58. The third-order valence-corrected chi connectivity index (χ3v) is 4.66. The summed E-state index contributed by atoms with van der Waals surface area (Å²) in [5, 5.41) is 16.5. The van der Waals surface area contributed by atoms with Gasteiger partial charge in [-0.3, -0.25) is 4.79 Å². The van der Waals surface area contributed by atoms with Crippen molar-refractivity contribution in [2.75, 3.05) is 7.11 Å². The van der Waals surface area contributed by atoms with Gasteiger partial charge in [-0.15, -0.1) is 0 Å². The molecule has 0 atom stereocenters. The maximum Gasteiger partial charge on any atom is 0.329 e. The van der Waals surface area contributed by atoms with E-state index in [2.05, 4.69) is 10.4 Å². The number of methoxy groups -OCH3 is 1. The van der Waals surface area contributed by atoms with Crippen molar-refractivity contribution in [2.24, 2.45) is 0 Å². The quantitative estimate of drug-likeness (QED) is 0.869. The number of carbonyl (C=O) groups excluding carboxylic acids is 1. The van der Waals surface area contributed by atoms with Crippen LogP contribution in [0.4, 0.5) is 0 Å². The van der Waals surface area contributed by atoms with Gasteiger partial charge in [0.2, 0.25) is 0 Å². The summed E-state index contributed by atoms with van der Waals surface area (Å²) in [7, 11) is 1.60. The number of carbonyl (C=O) groups is 2. The molecule has 0 aliphatic heterocycles. The number of hydrogen-bond acceptors (Lipinski definition) is 4. The van der Waals surface area contributed by atoms with E-state index in [1.54, 1.807) is 17.9 Å². The number of carboxylic acid groups (broad SMARTS) is 1. The first-order valence-corrected chi connectivity index (χ1v) is 8.22. The molecule has 0 bridgehead atoms. The van der Waals surface area contributed by atoms with Gasteiger partial charge in [0.05, 0.1) is 12.8 Å². The molecule has 1 aromatic carbocycles. The molecule has 2 N–H and O–H groups in total. The van der Waals surface area contributed by atoms with E-state index in [0.29, 0.717) is 12.8 Å². The number of aromatic nitrogens is 2. The van der Waals surface area contributed by atoms with Crippen molar-refractivity contribution in [3.05, 3.63) is 41.7 Å². The number of nitrogens with one attached hydrogen (secondary N) is 1. The molecule has 0 spiro atoms. The van der Waals surface area contributed by atoms with E-state index < -0.39 is 17.4 Å². The fraction of sp³-hybridized carbons (Fsp3) is 0.389. The summed E-state index contributed by atoms with van der Waals surface area (Å²) in [4.78, 5) is 24.1. The highest BCUT2D eigenvalue weighted by atomic mass is 16.5. The number of ether oxygens (including phenoxy) is 1. The highest BCUT2D eigenvalue weighted by Crippen LogP contribution is 2.30. The number of hydrogen-bond donors (Lipinski definition) is 2. The van der Waals surface area contributed by atoms with Crippen molar-refractivity contribution in [2.45, 2.75) is 38.1 Å². The number of rotatable bonds is 5. The maximum atomic E-state index is 12.5. The third kappa shape index (κ3) is 3.22. The highest BCUT2D eigenvalue weighted by molar-refractivity contribution is 5.96. The summed E-state index contributed by atoms with van der Waals surface area (Å²) in [5.41, 5.74) is 0.618. The average molecular weight is 343 g/mol. The van der Waals surface area contributed by atoms with Crippen LogP contribution in [-0.2, 0) is 4.79 Å². The minimum Gasteiger partial charge on any atom is -0.497 e. The molecule has 2 aromatic rings. The fourth-order valence-corrected chi connectivity index (χ4v) is 3.22. The largest absolute Gasteiger partial charge is 0.497 e. The number of carboxylic acids is 1. The van der Waals surface area contributed by atoms with Crippen LogP contribution in [0.25, 0.3) is 5.69 Å². The zero-order valence-corrected chi connectivity index (χ0v) is 14.3. The monoisotopic (exact) mass is 343 g/mol. The van der Waals surface area contributed by atoms with Crippen molar-refractivity contribution in [1.29, 1.82) is 0 Å². The summed E-state index contributed by atoms with van der Waals surface area (Å²) in [5.74, 6) is -0.708. The Bertz CT molecular complexity index is 789. The lowest BCUT2D eigenvalue weighted by Gasteiger charge is -2.24. The summed E-state index contributed by atoms with van der Waals surface area (Å²) in [6, 6.07) is 8.97. The smallest absolute Gasteiger partial charge is 0.329 e. The fourth-order valence-electron chi connectivity index (χ4n) is 3.22. The van der Waals surface area contributed by atoms with Gasteiger partial charge in [0.25, 0.3) is 5.91 Å². The molecule has 0 saturated heterocycles. The van der Waals surface area contributed by atoms with Gasteiger partial charge in [-0.05, 0) is 50.1 Å². The van der Waals surface area contributed by atoms with Crippen molar-refractivity contribution in [3.63, 3.8) is 0 Å². The Hall–Kier alpha value is -2.83. The number of aliphatic carboxylic acids is 1. The first-order valence-electron chi connectivity index (χ1n) is 8.22. The molecule has 1 aliphatic carbocycles. The molecule has 3 rings (SSSR count). The lowest BCUT2D eigenvalue weighted by Crippen LogP contribution is -2.52. The van der Waals surface area contributed by atoms with E-state index in [0.717, 1.165) is 30.0 Å². The Labute approximate surface area is 145 Å².